The van der Waals surface area contributed by atoms with E-state index in [0.717, 1.165) is 69.2 Å². The molecule has 0 saturated carbocycles. The molecule has 1 N–H and O–H groups in total. The molecule has 2 aromatic carbocycles. The molecule has 10 nitrogen and oxygen atoms in total. The third-order valence-electron chi connectivity index (χ3n) is 8.74. The van der Waals surface area contributed by atoms with Gasteiger partial charge in [0.1, 0.15) is 16.5 Å². The van der Waals surface area contributed by atoms with Gasteiger partial charge in [0.25, 0.3) is 0 Å². The highest BCUT2D eigenvalue weighted by Crippen LogP contribution is 2.39. The molecule has 1 aliphatic heterocycles. The predicted molar refractivity (Wildman–Crippen MR) is 162 cm³/mol. The van der Waals surface area contributed by atoms with Crippen LogP contribution in [0, 0.1) is 13.8 Å². The second kappa shape index (κ2) is 11.2. The van der Waals surface area contributed by atoms with Crippen molar-refractivity contribution in [1.82, 2.24) is 24.3 Å². The number of fused-ring (bicyclic) bond motifs is 3. The Morgan fingerprint density at radius 3 is 2.74 bits per heavy atom. The molecule has 2 aromatic heterocycles. The maximum atomic E-state index is 14.0. The van der Waals surface area contributed by atoms with E-state index in [1.807, 2.05) is 40.0 Å². The van der Waals surface area contributed by atoms with E-state index in [1.165, 1.54) is 16.6 Å². The number of aryl methyl sites for hydroxylation is 4. The second-order valence-electron chi connectivity index (χ2n) is 11.5. The number of halogens is 1. The van der Waals surface area contributed by atoms with Crippen LogP contribution in [0.3, 0.4) is 0 Å². The van der Waals surface area contributed by atoms with E-state index in [9.17, 15) is 18.3 Å². The lowest BCUT2D eigenvalue weighted by Gasteiger charge is -2.26. The zero-order valence-corrected chi connectivity index (χ0v) is 26.2. The smallest absolute Gasteiger partial charge is 0.304 e. The Labute approximate surface area is 255 Å². The summed E-state index contributed by atoms with van der Waals surface area (Å²) in [6.07, 6.45) is 4.13. The number of aliphatic carboxylic acids is 1. The summed E-state index contributed by atoms with van der Waals surface area (Å²) >= 11 is 6.17. The largest absolute Gasteiger partial charge is 0.481 e. The van der Waals surface area contributed by atoms with Crippen molar-refractivity contribution in [2.24, 2.45) is 7.05 Å². The molecule has 0 amide bonds. The molecule has 6 rings (SSSR count). The van der Waals surface area contributed by atoms with Crippen LogP contribution < -0.4 is 4.74 Å². The van der Waals surface area contributed by atoms with Gasteiger partial charge in [-0.15, -0.1) is 5.10 Å². The lowest BCUT2D eigenvalue weighted by atomic mass is 9.82. The van der Waals surface area contributed by atoms with Gasteiger partial charge in [-0.05, 0) is 84.5 Å². The van der Waals surface area contributed by atoms with E-state index >= 15 is 0 Å². The van der Waals surface area contributed by atoms with Crippen molar-refractivity contribution < 1.29 is 23.1 Å². The van der Waals surface area contributed by atoms with Crippen LogP contribution in [-0.4, -0.2) is 56.4 Å². The van der Waals surface area contributed by atoms with Crippen LogP contribution in [-0.2, 0) is 41.3 Å². The molecule has 2 aliphatic rings. The van der Waals surface area contributed by atoms with Crippen molar-refractivity contribution in [1.29, 1.82) is 0 Å². The number of hydrogen-bond acceptors (Lipinski definition) is 7. The normalized spacial score (nSPS) is 18.6. The second-order valence-corrected chi connectivity index (χ2v) is 13.9. The van der Waals surface area contributed by atoms with Crippen LogP contribution in [0.2, 0.25) is 5.02 Å². The maximum Gasteiger partial charge on any atom is 0.304 e. The fourth-order valence-corrected chi connectivity index (χ4v) is 8.37. The molecule has 3 heterocycles. The van der Waals surface area contributed by atoms with Crippen LogP contribution in [0.1, 0.15) is 71.0 Å². The van der Waals surface area contributed by atoms with Gasteiger partial charge in [-0.2, -0.15) is 4.31 Å². The first-order valence-corrected chi connectivity index (χ1v) is 16.3. The predicted octanol–water partition coefficient (Wildman–Crippen LogP) is 5.09. The first-order chi connectivity index (χ1) is 20.5. The fraction of sp³-hybridized carbons (Fsp3) is 0.419. The molecular formula is C31H34ClN5O5S. The number of carboxylic acid groups (broad SMARTS) is 1. The van der Waals surface area contributed by atoms with Crippen LogP contribution in [0.5, 0.6) is 5.88 Å². The van der Waals surface area contributed by atoms with E-state index in [0.29, 0.717) is 6.42 Å². The number of carbonyl (C=O) groups is 1. The molecule has 0 fully saturated rings. The minimum absolute atomic E-state index is 0.0455. The highest BCUT2D eigenvalue weighted by molar-refractivity contribution is 7.89. The summed E-state index contributed by atoms with van der Waals surface area (Å²) in [4.78, 5) is 16.4. The van der Waals surface area contributed by atoms with Crippen LogP contribution in [0.15, 0.2) is 35.4 Å². The molecule has 0 bridgehead atoms. The fourth-order valence-electron chi connectivity index (χ4n) is 6.60. The first-order valence-electron chi connectivity index (χ1n) is 14.5. The summed E-state index contributed by atoms with van der Waals surface area (Å²) in [7, 11) is -2.15. The molecule has 43 heavy (non-hydrogen) atoms. The minimum Gasteiger partial charge on any atom is -0.481 e. The number of pyridine rings is 1. The monoisotopic (exact) mass is 623 g/mol. The number of ether oxygens (including phenoxy) is 1. The highest BCUT2D eigenvalue weighted by atomic mass is 35.5. The average Bonchev–Trinajstić information content (AvgIpc) is 3.58. The Bertz CT molecular complexity index is 1870. The van der Waals surface area contributed by atoms with Gasteiger partial charge >= 0.3 is 5.97 Å². The molecule has 0 spiro atoms. The van der Waals surface area contributed by atoms with Crippen LogP contribution >= 0.6 is 11.6 Å². The van der Waals surface area contributed by atoms with Gasteiger partial charge in [0, 0.05) is 25.7 Å². The molecular weight excluding hydrogens is 590 g/mol. The van der Waals surface area contributed by atoms with Crippen molar-refractivity contribution in [3.8, 4) is 5.88 Å². The van der Waals surface area contributed by atoms with Crippen LogP contribution in [0.4, 0.5) is 0 Å². The highest BCUT2D eigenvalue weighted by Gasteiger charge is 2.36. The van der Waals surface area contributed by atoms with Gasteiger partial charge in [0.05, 0.1) is 23.5 Å². The summed E-state index contributed by atoms with van der Waals surface area (Å²) in [6.45, 7) is 6.18. The van der Waals surface area contributed by atoms with Gasteiger partial charge in [-0.25, -0.2) is 18.1 Å². The zero-order chi connectivity index (χ0) is 30.6. The van der Waals surface area contributed by atoms with Gasteiger partial charge in [-0.1, -0.05) is 41.9 Å². The number of nitrogens with zero attached hydrogens (tertiary/aromatic N) is 5. The third kappa shape index (κ3) is 5.27. The molecule has 0 radical (unpaired) electrons. The summed E-state index contributed by atoms with van der Waals surface area (Å²) in [5, 5.41) is 18.8. The molecule has 226 valence electrons. The molecule has 4 aromatic rings. The maximum absolute atomic E-state index is 14.0. The first kappa shape index (κ1) is 29.5. The quantitative estimate of drug-likeness (QED) is 0.302. The molecule has 2 atom stereocenters. The summed E-state index contributed by atoms with van der Waals surface area (Å²) < 4.78 is 37.2. The van der Waals surface area contributed by atoms with Crippen molar-refractivity contribution in [3.05, 3.63) is 74.4 Å². The lowest BCUT2D eigenvalue weighted by molar-refractivity contribution is -0.137. The Hall–Kier alpha value is -3.54. The Kier molecular flexibility index (Phi) is 7.68. The number of hydrogen-bond donors (Lipinski definition) is 1. The summed E-state index contributed by atoms with van der Waals surface area (Å²) in [6, 6.07) is 7.55. The molecule has 1 unspecified atom stereocenters. The standard InChI is InChI=1S/C31H34ClN5O5S/c1-5-23-16-37(43(40,41)27-12-22(32)14-33-31(27)42-23)15-21-11-20(10-19-7-6-8-24(19)21)26(13-28(38)39)25-9-17(2)30-29(18(25)3)34-35-36(30)4/h9-12,14,23,26H,5-8,13,15-16H2,1-4H3,(H,38,39)/t23-,26?/m1/s1. The van der Waals surface area contributed by atoms with Gasteiger partial charge in [0.15, 0.2) is 0 Å². The third-order valence-corrected chi connectivity index (χ3v) is 10.8. The van der Waals surface area contributed by atoms with Crippen molar-refractivity contribution in [3.63, 3.8) is 0 Å². The molecule has 1 aliphatic carbocycles. The van der Waals surface area contributed by atoms with Crippen molar-refractivity contribution in [2.75, 3.05) is 6.54 Å². The average molecular weight is 624 g/mol. The van der Waals surface area contributed by atoms with Gasteiger partial charge in [0.2, 0.25) is 15.9 Å². The number of sulfonamides is 1. The number of benzene rings is 2. The Morgan fingerprint density at radius 1 is 1.21 bits per heavy atom. The number of aromatic nitrogens is 4. The Balaban J connectivity index is 1.47. The zero-order valence-electron chi connectivity index (χ0n) is 24.6. The number of carboxylic acids is 1. The summed E-state index contributed by atoms with van der Waals surface area (Å²) in [5.41, 5.74) is 8.41. The van der Waals surface area contributed by atoms with E-state index in [-0.39, 0.29) is 41.4 Å². The van der Waals surface area contributed by atoms with Crippen LogP contribution in [0.25, 0.3) is 11.0 Å². The van der Waals surface area contributed by atoms with Gasteiger partial charge in [-0.3, -0.25) is 4.79 Å². The lowest BCUT2D eigenvalue weighted by Crippen LogP contribution is -2.36. The number of rotatable bonds is 7. The van der Waals surface area contributed by atoms with E-state index in [2.05, 4.69) is 21.4 Å². The molecule has 12 heteroatoms. The SMILES string of the molecule is CC[C@@H]1CN(Cc2cc(C(CC(=O)O)c3cc(C)c4c(nnn4C)c3C)cc3c2CCC3)S(=O)(=O)c2cc(Cl)cnc2O1. The van der Waals surface area contributed by atoms with E-state index in [4.69, 9.17) is 16.3 Å². The van der Waals surface area contributed by atoms with E-state index in [1.54, 1.807) is 4.68 Å². The minimum atomic E-state index is -3.99. The summed E-state index contributed by atoms with van der Waals surface area (Å²) in [5.74, 6) is -1.31. The van der Waals surface area contributed by atoms with Crippen molar-refractivity contribution >= 4 is 38.6 Å². The van der Waals surface area contributed by atoms with E-state index < -0.39 is 21.9 Å². The topological polar surface area (TPSA) is 128 Å². The molecule has 0 saturated heterocycles. The Morgan fingerprint density at radius 2 is 2.00 bits per heavy atom. The van der Waals surface area contributed by atoms with Gasteiger partial charge < -0.3 is 9.84 Å². The van der Waals surface area contributed by atoms with Crippen molar-refractivity contribution in [2.45, 2.75) is 76.3 Å².